The van der Waals surface area contributed by atoms with Gasteiger partial charge in [0.25, 0.3) is 0 Å². The van der Waals surface area contributed by atoms with E-state index in [4.69, 9.17) is 23.7 Å². The predicted molar refractivity (Wildman–Crippen MR) is 227 cm³/mol. The highest BCUT2D eigenvalue weighted by atomic mass is 16.7. The summed E-state index contributed by atoms with van der Waals surface area (Å²) < 4.78 is 32.8. The van der Waals surface area contributed by atoms with Crippen LogP contribution in [0.5, 0.6) is 0 Å². The van der Waals surface area contributed by atoms with Crippen LogP contribution in [0.2, 0.25) is 0 Å². The summed E-state index contributed by atoms with van der Waals surface area (Å²) in [5.74, 6) is 0.772. The molecule has 3 aromatic carbocycles. The third-order valence-electron chi connectivity index (χ3n) is 11.7. The molecule has 0 aromatic heterocycles. The zero-order valence-corrected chi connectivity index (χ0v) is 34.9. The van der Waals surface area contributed by atoms with Crippen LogP contribution in [-0.2, 0) is 43.5 Å². The molecule has 1 aliphatic rings. The molecule has 3 aromatic rings. The van der Waals surface area contributed by atoms with Gasteiger partial charge in [-0.05, 0) is 40.5 Å². The predicted octanol–water partition coefficient (Wildman–Crippen LogP) is 12.8. The molecule has 2 unspecified atom stereocenters. The van der Waals surface area contributed by atoms with Crippen LogP contribution >= 0.6 is 0 Å². The quantitative estimate of drug-likeness (QED) is 0.0303. The molecule has 0 saturated carbocycles. The lowest BCUT2D eigenvalue weighted by molar-refractivity contribution is -0.261. The Kier molecular flexibility index (Phi) is 22.3. The maximum absolute atomic E-state index is 9.91. The first-order valence-corrected chi connectivity index (χ1v) is 21.7. The van der Waals surface area contributed by atoms with Crippen LogP contribution in [-0.4, -0.2) is 43.9 Å². The zero-order chi connectivity index (χ0) is 39.6. The monoisotopic (exact) mass is 770 g/mol. The summed E-state index contributed by atoms with van der Waals surface area (Å²) in [6, 6.07) is 30.0. The van der Waals surface area contributed by atoms with Gasteiger partial charge in [0.15, 0.2) is 6.29 Å². The molecule has 1 saturated heterocycles. The van der Waals surface area contributed by atoms with E-state index in [2.05, 4.69) is 74.1 Å². The Labute approximate surface area is 338 Å². The Morgan fingerprint density at radius 2 is 1.12 bits per heavy atom. The number of nitrogens with zero attached hydrogens (tertiary/aromatic N) is 3. The SMILES string of the molecule is CCCCCCCCCCCCCC[C@@H](OCc1ccccc1)[C@@H](OCc1ccccc1)[C@H](CO[C@H]1OC(COCc2ccccc2)[C@H](C)[C@H](C)C1C)N=[N+]=[N-]. The van der Waals surface area contributed by atoms with E-state index < -0.39 is 18.4 Å². The van der Waals surface area contributed by atoms with Crippen molar-refractivity contribution in [2.45, 2.75) is 162 Å². The summed E-state index contributed by atoms with van der Waals surface area (Å²) in [7, 11) is 0. The van der Waals surface area contributed by atoms with Crippen molar-refractivity contribution < 1.29 is 23.7 Å². The first kappa shape index (κ1) is 45.5. The maximum Gasteiger partial charge on any atom is 0.160 e. The first-order valence-electron chi connectivity index (χ1n) is 21.7. The van der Waals surface area contributed by atoms with Gasteiger partial charge in [0.05, 0.1) is 57.4 Å². The Bertz CT molecular complexity index is 1460. The highest BCUT2D eigenvalue weighted by Crippen LogP contribution is 2.36. The number of rotatable bonds is 29. The molecule has 0 spiro atoms. The van der Waals surface area contributed by atoms with Crippen LogP contribution in [0.3, 0.4) is 0 Å². The normalized spacial score (nSPS) is 21.2. The minimum Gasteiger partial charge on any atom is -0.374 e. The molecule has 0 bridgehead atoms. The molecule has 56 heavy (non-hydrogen) atoms. The van der Waals surface area contributed by atoms with Crippen molar-refractivity contribution in [1.82, 2.24) is 0 Å². The third-order valence-corrected chi connectivity index (χ3v) is 11.7. The molecule has 1 aliphatic heterocycles. The van der Waals surface area contributed by atoms with Gasteiger partial charge in [-0.2, -0.15) is 0 Å². The summed E-state index contributed by atoms with van der Waals surface area (Å²) in [5.41, 5.74) is 13.2. The van der Waals surface area contributed by atoms with E-state index in [-0.39, 0.29) is 24.7 Å². The Balaban J connectivity index is 1.42. The largest absolute Gasteiger partial charge is 0.374 e. The zero-order valence-electron chi connectivity index (χ0n) is 34.9. The second-order valence-corrected chi connectivity index (χ2v) is 16.0. The van der Waals surface area contributed by atoms with Crippen LogP contribution in [0.4, 0.5) is 0 Å². The van der Waals surface area contributed by atoms with Crippen LogP contribution in [0.15, 0.2) is 96.1 Å². The van der Waals surface area contributed by atoms with Crippen LogP contribution in [0.1, 0.15) is 128 Å². The van der Waals surface area contributed by atoms with Gasteiger partial charge < -0.3 is 23.7 Å². The molecule has 0 amide bonds. The molecule has 0 aliphatic carbocycles. The smallest absolute Gasteiger partial charge is 0.160 e. The number of ether oxygens (including phenoxy) is 5. The van der Waals surface area contributed by atoms with Gasteiger partial charge in [0, 0.05) is 10.8 Å². The van der Waals surface area contributed by atoms with Crippen LogP contribution in [0.25, 0.3) is 10.4 Å². The van der Waals surface area contributed by atoms with E-state index in [0.29, 0.717) is 38.3 Å². The molecule has 8 nitrogen and oxygen atoms in total. The average Bonchev–Trinajstić information content (AvgIpc) is 3.23. The van der Waals surface area contributed by atoms with Gasteiger partial charge in [-0.1, -0.05) is 201 Å². The van der Waals surface area contributed by atoms with Crippen molar-refractivity contribution in [1.29, 1.82) is 0 Å². The van der Waals surface area contributed by atoms with Crippen molar-refractivity contribution in [3.8, 4) is 0 Å². The van der Waals surface area contributed by atoms with Gasteiger partial charge in [0.1, 0.15) is 0 Å². The topological polar surface area (TPSA) is 94.9 Å². The number of unbranched alkanes of at least 4 members (excludes halogenated alkanes) is 11. The van der Waals surface area contributed by atoms with E-state index in [9.17, 15) is 5.53 Å². The van der Waals surface area contributed by atoms with E-state index >= 15 is 0 Å². The molecule has 4 rings (SSSR count). The van der Waals surface area contributed by atoms with Crippen molar-refractivity contribution in [3.63, 3.8) is 0 Å². The molecule has 0 radical (unpaired) electrons. The molecule has 8 atom stereocenters. The summed E-state index contributed by atoms with van der Waals surface area (Å²) >= 11 is 0. The second-order valence-electron chi connectivity index (χ2n) is 16.0. The number of hydrogen-bond donors (Lipinski definition) is 0. The Hall–Kier alpha value is -3.23. The van der Waals surface area contributed by atoms with Gasteiger partial charge in [-0.25, -0.2) is 0 Å². The fraction of sp³-hybridized carbons (Fsp3) is 0.625. The molecular formula is C48H71N3O5. The van der Waals surface area contributed by atoms with Gasteiger partial charge in [0.2, 0.25) is 0 Å². The summed E-state index contributed by atoms with van der Waals surface area (Å²) in [5, 5.41) is 4.34. The van der Waals surface area contributed by atoms with Gasteiger partial charge in [-0.3, -0.25) is 0 Å². The lowest BCUT2D eigenvalue weighted by atomic mass is 9.79. The lowest BCUT2D eigenvalue weighted by Gasteiger charge is -2.43. The standard InChI is InChI=1S/C48H71N3O5/c1-5-6-7-8-9-10-11-12-13-14-15-25-32-45(53-34-42-28-21-17-22-29-42)47(54-35-43-30-23-18-24-31-43)44(50-51-49)36-55-48-40(4)38(2)39(3)46(56-48)37-52-33-41-26-19-16-20-27-41/h16-24,26-31,38-40,44-48H,5-15,25,32-37H2,1-4H3/t38-,39+,40?,44-,45+,46?,47-,48-/m0/s1. The van der Waals surface area contributed by atoms with Crippen LogP contribution in [0, 0.1) is 17.8 Å². The highest BCUT2D eigenvalue weighted by molar-refractivity contribution is 5.15. The van der Waals surface area contributed by atoms with Crippen LogP contribution < -0.4 is 0 Å². The van der Waals surface area contributed by atoms with Crippen molar-refractivity contribution in [2.24, 2.45) is 22.9 Å². The minimum atomic E-state index is -0.625. The van der Waals surface area contributed by atoms with E-state index in [0.717, 1.165) is 36.0 Å². The lowest BCUT2D eigenvalue weighted by Crippen LogP contribution is -2.49. The minimum absolute atomic E-state index is 0.120. The molecule has 1 heterocycles. The second kappa shape index (κ2) is 27.4. The number of hydrogen-bond acceptors (Lipinski definition) is 6. The maximum atomic E-state index is 9.91. The van der Waals surface area contributed by atoms with E-state index in [1.807, 2.05) is 54.6 Å². The Morgan fingerprint density at radius 1 is 0.625 bits per heavy atom. The molecule has 308 valence electrons. The molecule has 8 heteroatoms. The number of azide groups is 1. The van der Waals surface area contributed by atoms with Gasteiger partial charge >= 0.3 is 0 Å². The summed E-state index contributed by atoms with van der Waals surface area (Å²) in [6.45, 7) is 10.9. The average molecular weight is 770 g/mol. The summed E-state index contributed by atoms with van der Waals surface area (Å²) in [4.78, 5) is 3.32. The summed E-state index contributed by atoms with van der Waals surface area (Å²) in [6.07, 6.45) is 14.8. The molecular weight excluding hydrogens is 699 g/mol. The third kappa shape index (κ3) is 16.7. The fourth-order valence-electron chi connectivity index (χ4n) is 7.73. The van der Waals surface area contributed by atoms with Crippen molar-refractivity contribution >= 4 is 0 Å². The first-order chi connectivity index (χ1) is 27.5. The molecule has 1 fully saturated rings. The highest BCUT2D eigenvalue weighted by Gasteiger charge is 2.41. The van der Waals surface area contributed by atoms with Gasteiger partial charge in [-0.15, -0.1) is 0 Å². The van der Waals surface area contributed by atoms with E-state index in [1.54, 1.807) is 0 Å². The van der Waals surface area contributed by atoms with E-state index in [1.165, 1.54) is 64.2 Å². The van der Waals surface area contributed by atoms with Crippen molar-refractivity contribution in [2.75, 3.05) is 13.2 Å². The Morgan fingerprint density at radius 3 is 1.66 bits per heavy atom. The number of benzene rings is 3. The van der Waals surface area contributed by atoms with Crippen molar-refractivity contribution in [3.05, 3.63) is 118 Å². The molecule has 0 N–H and O–H groups in total. The fourth-order valence-corrected chi connectivity index (χ4v) is 7.73.